The molecule has 2 nitrogen and oxygen atoms in total. The van der Waals surface area contributed by atoms with Gasteiger partial charge in [-0.2, -0.15) is 0 Å². The minimum atomic E-state index is 0.207. The molecule has 0 aliphatic rings. The highest BCUT2D eigenvalue weighted by Crippen LogP contribution is 2.26. The lowest BCUT2D eigenvalue weighted by atomic mass is 10.5. The maximum Gasteiger partial charge on any atom is 0.161 e. The maximum atomic E-state index is 9.09. The Balaban J connectivity index is 3.25. The second kappa shape index (κ2) is 2.83. The highest BCUT2D eigenvalue weighted by Gasteiger charge is 2.00. The number of rotatable bonds is 0. The van der Waals surface area contributed by atoms with Gasteiger partial charge >= 0.3 is 0 Å². The summed E-state index contributed by atoms with van der Waals surface area (Å²) >= 11 is 5.11. The molecule has 0 radical (unpaired) electrons. The van der Waals surface area contributed by atoms with E-state index in [1.807, 2.05) is 22.6 Å². The van der Waals surface area contributed by atoms with Crippen LogP contribution in [0.15, 0.2) is 16.7 Å². The first-order valence-electron chi connectivity index (χ1n) is 2.21. The van der Waals surface area contributed by atoms with Gasteiger partial charge in [-0.05, 0) is 44.6 Å². The van der Waals surface area contributed by atoms with Crippen molar-refractivity contribution < 1.29 is 5.11 Å². The molecule has 0 saturated carbocycles. The van der Waals surface area contributed by atoms with Crippen LogP contribution in [0.25, 0.3) is 0 Å². The van der Waals surface area contributed by atoms with Crippen molar-refractivity contribution in [3.63, 3.8) is 0 Å². The third-order valence-corrected chi connectivity index (χ3v) is 2.26. The Morgan fingerprint density at radius 3 is 2.78 bits per heavy atom. The second-order valence-corrected chi connectivity index (χ2v) is 3.31. The number of aromatic nitrogens is 1. The SMILES string of the molecule is Oc1c(Br)ccnc1I. The van der Waals surface area contributed by atoms with Crippen LogP contribution >= 0.6 is 38.5 Å². The summed E-state index contributed by atoms with van der Waals surface area (Å²) in [7, 11) is 0. The average Bonchev–Trinajstić information content (AvgIpc) is 1.83. The smallest absolute Gasteiger partial charge is 0.161 e. The molecule has 0 aromatic carbocycles. The van der Waals surface area contributed by atoms with Gasteiger partial charge in [-0.3, -0.25) is 0 Å². The summed E-state index contributed by atoms with van der Waals surface area (Å²) in [6, 6.07) is 1.69. The van der Waals surface area contributed by atoms with Crippen molar-refractivity contribution in [3.8, 4) is 5.75 Å². The Morgan fingerprint density at radius 2 is 2.33 bits per heavy atom. The summed E-state index contributed by atoms with van der Waals surface area (Å²) in [5, 5.41) is 9.09. The van der Waals surface area contributed by atoms with Crippen LogP contribution in [0.3, 0.4) is 0 Å². The van der Waals surface area contributed by atoms with E-state index in [0.717, 1.165) is 0 Å². The standard InChI is InChI=1S/C5H3BrINO/c6-3-1-2-8-5(7)4(3)9/h1-2,9H. The van der Waals surface area contributed by atoms with Crippen LogP contribution in [-0.2, 0) is 0 Å². The van der Waals surface area contributed by atoms with E-state index in [1.54, 1.807) is 12.3 Å². The molecule has 1 aromatic rings. The van der Waals surface area contributed by atoms with E-state index in [2.05, 4.69) is 20.9 Å². The van der Waals surface area contributed by atoms with Gasteiger partial charge in [0.25, 0.3) is 0 Å². The summed E-state index contributed by atoms with van der Waals surface area (Å²) in [5.74, 6) is 0.207. The highest BCUT2D eigenvalue weighted by molar-refractivity contribution is 14.1. The quantitative estimate of drug-likeness (QED) is 0.588. The van der Waals surface area contributed by atoms with E-state index in [1.165, 1.54) is 0 Å². The lowest BCUT2D eigenvalue weighted by Crippen LogP contribution is -1.79. The molecule has 0 fully saturated rings. The number of hydrogen-bond donors (Lipinski definition) is 1. The Kier molecular flexibility index (Phi) is 2.29. The van der Waals surface area contributed by atoms with Gasteiger partial charge in [-0.15, -0.1) is 0 Å². The molecular weight excluding hydrogens is 297 g/mol. The van der Waals surface area contributed by atoms with Crippen LogP contribution < -0.4 is 0 Å². The van der Waals surface area contributed by atoms with Gasteiger partial charge in [0.15, 0.2) is 5.75 Å². The van der Waals surface area contributed by atoms with Crippen LogP contribution in [-0.4, -0.2) is 10.1 Å². The van der Waals surface area contributed by atoms with E-state index in [-0.39, 0.29) is 5.75 Å². The van der Waals surface area contributed by atoms with E-state index in [0.29, 0.717) is 8.17 Å². The summed E-state index contributed by atoms with van der Waals surface area (Å²) in [4.78, 5) is 3.85. The summed E-state index contributed by atoms with van der Waals surface area (Å²) in [5.41, 5.74) is 0. The first-order chi connectivity index (χ1) is 4.22. The van der Waals surface area contributed by atoms with E-state index >= 15 is 0 Å². The van der Waals surface area contributed by atoms with Crippen molar-refractivity contribution in [2.75, 3.05) is 0 Å². The minimum Gasteiger partial charge on any atom is -0.504 e. The molecule has 0 amide bonds. The average molecular weight is 300 g/mol. The molecular formula is C5H3BrINO. The van der Waals surface area contributed by atoms with Gasteiger partial charge in [-0.25, -0.2) is 4.98 Å². The maximum absolute atomic E-state index is 9.09. The van der Waals surface area contributed by atoms with Gasteiger partial charge in [0.05, 0.1) is 4.47 Å². The number of nitrogens with zero attached hydrogens (tertiary/aromatic N) is 1. The van der Waals surface area contributed by atoms with Gasteiger partial charge in [0.1, 0.15) is 3.70 Å². The molecule has 1 N–H and O–H groups in total. The zero-order valence-electron chi connectivity index (χ0n) is 4.31. The number of hydrogen-bond acceptors (Lipinski definition) is 2. The van der Waals surface area contributed by atoms with Crippen molar-refractivity contribution >= 4 is 38.5 Å². The van der Waals surface area contributed by atoms with Crippen LogP contribution in [0.2, 0.25) is 0 Å². The lowest BCUT2D eigenvalue weighted by Gasteiger charge is -1.95. The third-order valence-electron chi connectivity index (χ3n) is 0.830. The van der Waals surface area contributed by atoms with Crippen LogP contribution in [0.5, 0.6) is 5.75 Å². The molecule has 0 aliphatic heterocycles. The van der Waals surface area contributed by atoms with Crippen molar-refractivity contribution in [1.29, 1.82) is 0 Å². The fourth-order valence-corrected chi connectivity index (χ4v) is 1.53. The van der Waals surface area contributed by atoms with Crippen molar-refractivity contribution in [2.45, 2.75) is 0 Å². The van der Waals surface area contributed by atoms with Crippen molar-refractivity contribution in [2.24, 2.45) is 0 Å². The number of halogens is 2. The normalized spacial score (nSPS) is 9.56. The number of aromatic hydroxyl groups is 1. The minimum absolute atomic E-state index is 0.207. The fourth-order valence-electron chi connectivity index (χ4n) is 0.407. The summed E-state index contributed by atoms with van der Waals surface area (Å²) < 4.78 is 1.30. The second-order valence-electron chi connectivity index (χ2n) is 1.43. The molecule has 1 aromatic heterocycles. The molecule has 0 atom stereocenters. The largest absolute Gasteiger partial charge is 0.504 e. The molecule has 4 heteroatoms. The van der Waals surface area contributed by atoms with E-state index in [4.69, 9.17) is 5.11 Å². The third kappa shape index (κ3) is 1.54. The number of pyridine rings is 1. The monoisotopic (exact) mass is 299 g/mol. The summed E-state index contributed by atoms with van der Waals surface area (Å²) in [6.45, 7) is 0. The van der Waals surface area contributed by atoms with Crippen LogP contribution in [0, 0.1) is 3.70 Å². The van der Waals surface area contributed by atoms with E-state index < -0.39 is 0 Å². The van der Waals surface area contributed by atoms with Crippen molar-refractivity contribution in [3.05, 3.63) is 20.4 Å². The zero-order valence-corrected chi connectivity index (χ0v) is 8.05. The first kappa shape index (κ1) is 7.27. The molecule has 1 heterocycles. The molecule has 0 aliphatic carbocycles. The molecule has 0 unspecified atom stereocenters. The molecule has 48 valence electrons. The highest BCUT2D eigenvalue weighted by atomic mass is 127. The van der Waals surface area contributed by atoms with Crippen LogP contribution in [0.1, 0.15) is 0 Å². The van der Waals surface area contributed by atoms with Crippen molar-refractivity contribution in [1.82, 2.24) is 4.98 Å². The Morgan fingerprint density at radius 1 is 1.67 bits per heavy atom. The predicted molar refractivity (Wildman–Crippen MR) is 46.3 cm³/mol. The zero-order chi connectivity index (χ0) is 6.85. The molecule has 0 saturated heterocycles. The lowest BCUT2D eigenvalue weighted by molar-refractivity contribution is 0.464. The summed E-state index contributed by atoms with van der Waals surface area (Å²) in [6.07, 6.45) is 1.63. The predicted octanol–water partition coefficient (Wildman–Crippen LogP) is 2.15. The molecule has 9 heavy (non-hydrogen) atoms. The fraction of sp³-hybridized carbons (Fsp3) is 0. The molecule has 1 rings (SSSR count). The molecule has 0 spiro atoms. The van der Waals surface area contributed by atoms with Gasteiger partial charge in [0, 0.05) is 6.20 Å². The Labute approximate surface area is 74.6 Å². The Hall–Kier alpha value is 0.160. The van der Waals surface area contributed by atoms with Crippen LogP contribution in [0.4, 0.5) is 0 Å². The van der Waals surface area contributed by atoms with E-state index in [9.17, 15) is 0 Å². The molecule has 0 bridgehead atoms. The van der Waals surface area contributed by atoms with Gasteiger partial charge in [-0.1, -0.05) is 0 Å². The van der Waals surface area contributed by atoms with Gasteiger partial charge in [0.2, 0.25) is 0 Å². The van der Waals surface area contributed by atoms with Gasteiger partial charge < -0.3 is 5.11 Å². The Bertz CT molecular complexity index is 208. The first-order valence-corrected chi connectivity index (χ1v) is 4.08. The topological polar surface area (TPSA) is 33.1 Å².